The fourth-order valence-electron chi connectivity index (χ4n) is 4.08. The third kappa shape index (κ3) is 3.95. The molecule has 4 rings (SSSR count). The highest BCUT2D eigenvalue weighted by atomic mass is 35.5. The van der Waals surface area contributed by atoms with Crippen LogP contribution in [-0.2, 0) is 4.79 Å². The molecule has 1 aliphatic carbocycles. The van der Waals surface area contributed by atoms with Gasteiger partial charge in [-0.3, -0.25) is 4.79 Å². The van der Waals surface area contributed by atoms with Gasteiger partial charge in [-0.25, -0.2) is 9.97 Å². The van der Waals surface area contributed by atoms with Crippen LogP contribution in [0.4, 0.5) is 5.82 Å². The second-order valence-corrected chi connectivity index (χ2v) is 8.58. The summed E-state index contributed by atoms with van der Waals surface area (Å²) in [5.74, 6) is 0.305. The lowest BCUT2D eigenvalue weighted by Crippen LogP contribution is -2.14. The summed E-state index contributed by atoms with van der Waals surface area (Å²) in [5, 5.41) is 15.3. The van der Waals surface area contributed by atoms with Crippen molar-refractivity contribution in [2.45, 2.75) is 38.3 Å². The number of halogens is 2. The number of amides is 1. The third-order valence-electron chi connectivity index (χ3n) is 5.70. The molecule has 2 heterocycles. The maximum absolute atomic E-state index is 12.0. The van der Waals surface area contributed by atoms with Crippen LogP contribution >= 0.6 is 23.2 Å². The summed E-state index contributed by atoms with van der Waals surface area (Å²) in [6.45, 7) is 5.31. The van der Waals surface area contributed by atoms with E-state index in [2.05, 4.69) is 26.4 Å². The van der Waals surface area contributed by atoms with Crippen LogP contribution in [0, 0.1) is 5.92 Å². The summed E-state index contributed by atoms with van der Waals surface area (Å²) in [7, 11) is 0. The number of hydrogen-bond donors (Lipinski definition) is 2. The maximum atomic E-state index is 12.0. The van der Waals surface area contributed by atoms with Crippen molar-refractivity contribution in [3.05, 3.63) is 64.6 Å². The Morgan fingerprint density at radius 1 is 1.27 bits per heavy atom. The largest absolute Gasteiger partial charge is 0.388 e. The normalized spacial score (nSPS) is 19.7. The van der Waals surface area contributed by atoms with Crippen molar-refractivity contribution in [2.75, 3.05) is 5.32 Å². The van der Waals surface area contributed by atoms with Crippen LogP contribution in [0.3, 0.4) is 0 Å². The van der Waals surface area contributed by atoms with Gasteiger partial charge in [0.15, 0.2) is 0 Å². The minimum atomic E-state index is -0.605. The van der Waals surface area contributed by atoms with Crippen LogP contribution in [0.2, 0.25) is 10.0 Å². The van der Waals surface area contributed by atoms with Gasteiger partial charge in [0, 0.05) is 17.8 Å². The Morgan fingerprint density at radius 2 is 2.07 bits per heavy atom. The Morgan fingerprint density at radius 3 is 2.80 bits per heavy atom. The highest BCUT2D eigenvalue weighted by Crippen LogP contribution is 2.43. The molecule has 156 valence electrons. The molecule has 0 bridgehead atoms. The highest BCUT2D eigenvalue weighted by Gasteiger charge is 2.32. The van der Waals surface area contributed by atoms with Crippen LogP contribution in [-0.4, -0.2) is 25.5 Å². The zero-order valence-electron chi connectivity index (χ0n) is 16.5. The molecule has 6 nitrogen and oxygen atoms in total. The molecule has 1 saturated carbocycles. The number of aliphatic hydroxyl groups is 1. The number of hydrogen-bond acceptors (Lipinski definition) is 4. The van der Waals surface area contributed by atoms with Crippen LogP contribution in [0.5, 0.6) is 0 Å². The van der Waals surface area contributed by atoms with E-state index in [1.54, 1.807) is 19.1 Å². The van der Waals surface area contributed by atoms with Gasteiger partial charge in [0.1, 0.15) is 17.8 Å². The summed E-state index contributed by atoms with van der Waals surface area (Å²) in [4.78, 5) is 20.6. The van der Waals surface area contributed by atoms with Gasteiger partial charge in [-0.2, -0.15) is 0 Å². The first-order valence-electron chi connectivity index (χ1n) is 9.76. The molecule has 0 radical (unpaired) electrons. The Kier molecular flexibility index (Phi) is 5.82. The van der Waals surface area contributed by atoms with Gasteiger partial charge < -0.3 is 15.0 Å². The lowest BCUT2D eigenvalue weighted by atomic mass is 9.94. The Bertz CT molecular complexity index is 1130. The molecule has 3 unspecified atom stereocenters. The van der Waals surface area contributed by atoms with E-state index in [0.717, 1.165) is 35.9 Å². The first-order chi connectivity index (χ1) is 14.3. The van der Waals surface area contributed by atoms with Gasteiger partial charge in [-0.1, -0.05) is 35.8 Å². The molecular weight excluding hydrogens is 423 g/mol. The van der Waals surface area contributed by atoms with Gasteiger partial charge >= 0.3 is 0 Å². The van der Waals surface area contributed by atoms with Crippen molar-refractivity contribution in [2.24, 2.45) is 5.92 Å². The maximum Gasteiger partial charge on any atom is 0.251 e. The number of fused-ring (bicyclic) bond motifs is 1. The van der Waals surface area contributed by atoms with Gasteiger partial charge in [0.25, 0.3) is 5.91 Å². The molecule has 30 heavy (non-hydrogen) atoms. The smallest absolute Gasteiger partial charge is 0.251 e. The van der Waals surface area contributed by atoms with E-state index in [-0.39, 0.29) is 17.9 Å². The lowest BCUT2D eigenvalue weighted by molar-refractivity contribution is -0.112. The van der Waals surface area contributed by atoms with Crippen molar-refractivity contribution in [3.63, 3.8) is 0 Å². The number of rotatable bonds is 5. The van der Waals surface area contributed by atoms with Crippen LogP contribution < -0.4 is 5.32 Å². The minimum absolute atomic E-state index is 0.106. The van der Waals surface area contributed by atoms with E-state index < -0.39 is 6.10 Å². The molecule has 8 heteroatoms. The zero-order valence-corrected chi connectivity index (χ0v) is 18.0. The van der Waals surface area contributed by atoms with Crippen molar-refractivity contribution < 1.29 is 9.90 Å². The number of aliphatic hydroxyl groups excluding tert-OH is 1. The second kappa shape index (κ2) is 8.38. The number of carbonyl (C=O) groups excluding carboxylic acids is 1. The number of carbonyl (C=O) groups is 1. The molecule has 2 aromatic heterocycles. The topological polar surface area (TPSA) is 80.0 Å². The lowest BCUT2D eigenvalue weighted by Gasteiger charge is -2.20. The summed E-state index contributed by atoms with van der Waals surface area (Å²) >= 11 is 12.1. The number of nitrogens with zero attached hydrogens (tertiary/aromatic N) is 3. The van der Waals surface area contributed by atoms with E-state index in [0.29, 0.717) is 21.4 Å². The van der Waals surface area contributed by atoms with Crippen LogP contribution in [0.15, 0.2) is 48.9 Å². The van der Waals surface area contributed by atoms with Gasteiger partial charge in [0.2, 0.25) is 0 Å². The SMILES string of the molecule is C=C(C)C(=O)Nc1ncnc2c1ccn2C1CCC(C(O)c2ccc(Cl)c(Cl)c2)C1. The minimum Gasteiger partial charge on any atom is -0.388 e. The summed E-state index contributed by atoms with van der Waals surface area (Å²) in [6, 6.07) is 7.38. The molecule has 3 atom stereocenters. The number of aromatic nitrogens is 3. The highest BCUT2D eigenvalue weighted by molar-refractivity contribution is 6.42. The second-order valence-electron chi connectivity index (χ2n) is 7.76. The summed E-state index contributed by atoms with van der Waals surface area (Å²) in [5.41, 5.74) is 1.95. The van der Waals surface area contributed by atoms with Crippen molar-refractivity contribution in [1.29, 1.82) is 0 Å². The zero-order chi connectivity index (χ0) is 21.4. The fraction of sp³-hybridized carbons (Fsp3) is 0.318. The molecule has 3 aromatic rings. The molecule has 0 saturated heterocycles. The molecule has 2 N–H and O–H groups in total. The first kappa shape index (κ1) is 20.8. The molecule has 0 aliphatic heterocycles. The Labute approximate surface area is 184 Å². The van der Waals surface area contributed by atoms with Gasteiger partial charge in [0.05, 0.1) is 21.5 Å². The number of benzene rings is 1. The molecular formula is C22H22Cl2N4O2. The van der Waals surface area contributed by atoms with Crippen molar-refractivity contribution >= 4 is 46.0 Å². The first-order valence-corrected chi connectivity index (χ1v) is 10.5. The van der Waals surface area contributed by atoms with E-state index in [1.165, 1.54) is 6.33 Å². The number of anilines is 1. The van der Waals surface area contributed by atoms with E-state index in [9.17, 15) is 9.90 Å². The molecule has 1 aliphatic rings. The average Bonchev–Trinajstić information content (AvgIpc) is 3.37. The quantitative estimate of drug-likeness (QED) is 0.521. The summed E-state index contributed by atoms with van der Waals surface area (Å²) in [6.07, 6.45) is 5.42. The molecule has 1 amide bonds. The van der Waals surface area contributed by atoms with Crippen LogP contribution in [0.1, 0.15) is 43.9 Å². The Balaban J connectivity index is 1.55. The molecule has 0 spiro atoms. The third-order valence-corrected chi connectivity index (χ3v) is 6.44. The Hall–Kier alpha value is -2.41. The molecule has 1 aromatic carbocycles. The van der Waals surface area contributed by atoms with Crippen molar-refractivity contribution in [1.82, 2.24) is 14.5 Å². The monoisotopic (exact) mass is 444 g/mol. The van der Waals surface area contributed by atoms with E-state index >= 15 is 0 Å². The predicted molar refractivity (Wildman–Crippen MR) is 119 cm³/mol. The predicted octanol–water partition coefficient (Wildman–Crippen LogP) is 5.33. The fourth-order valence-corrected chi connectivity index (χ4v) is 4.39. The average molecular weight is 445 g/mol. The van der Waals surface area contributed by atoms with Crippen LogP contribution in [0.25, 0.3) is 11.0 Å². The standard InChI is InChI=1S/C22H22Cl2N4O2/c1-12(2)22(30)27-20-16-7-8-28(21(16)26-11-25-20)15-5-3-13(9-15)19(29)14-4-6-17(23)18(24)10-14/h4,6-8,10-11,13,15,19,29H,1,3,5,9H2,2H3,(H,25,26,27,30). The molecule has 1 fully saturated rings. The van der Waals surface area contributed by atoms with E-state index in [1.807, 2.05) is 18.3 Å². The van der Waals surface area contributed by atoms with Gasteiger partial charge in [-0.15, -0.1) is 0 Å². The van der Waals surface area contributed by atoms with E-state index in [4.69, 9.17) is 23.2 Å². The summed E-state index contributed by atoms with van der Waals surface area (Å²) < 4.78 is 2.11. The number of nitrogens with one attached hydrogen (secondary N) is 1. The van der Waals surface area contributed by atoms with Crippen molar-refractivity contribution in [3.8, 4) is 0 Å². The van der Waals surface area contributed by atoms with Gasteiger partial charge in [-0.05, 0) is 55.9 Å².